The Hall–Kier alpha value is -3.17. The van der Waals surface area contributed by atoms with E-state index in [0.717, 1.165) is 9.80 Å². The number of hydrogen-bond donors (Lipinski definition) is 1. The van der Waals surface area contributed by atoms with Gasteiger partial charge in [-0.3, -0.25) is 14.6 Å². The second-order valence-corrected chi connectivity index (χ2v) is 6.31. The molecule has 2 aromatic rings. The van der Waals surface area contributed by atoms with Crippen LogP contribution in [0.5, 0.6) is 0 Å². The summed E-state index contributed by atoms with van der Waals surface area (Å²) in [6.45, 7) is -0.0632. The molecule has 1 aliphatic rings. The van der Waals surface area contributed by atoms with Crippen molar-refractivity contribution < 1.29 is 27.9 Å². The molecule has 2 amide bonds. The maximum Gasteiger partial charge on any atom is 0.408 e. The van der Waals surface area contributed by atoms with Gasteiger partial charge in [0.1, 0.15) is 24.4 Å². The molecular formula is C18H17F3N4O3. The average molecular weight is 394 g/mol. The first-order chi connectivity index (χ1) is 13.3. The second kappa shape index (κ2) is 7.83. The van der Waals surface area contributed by atoms with Crippen LogP contribution in [0.15, 0.2) is 36.7 Å². The highest BCUT2D eigenvalue weighted by molar-refractivity contribution is 5.98. The molecule has 0 radical (unpaired) electrons. The Bertz CT molecular complexity index is 879. The smallest absolute Gasteiger partial charge is 0.408 e. The molecular weight excluding hydrogens is 377 g/mol. The summed E-state index contributed by atoms with van der Waals surface area (Å²) in [6, 6.07) is 5.49. The fraction of sp³-hybridized carbons (Fsp3) is 0.333. The number of likely N-dealkylation sites (N-methyl/N-ethyl adjacent to an activating group) is 1. The summed E-state index contributed by atoms with van der Waals surface area (Å²) in [5.74, 6) is -0.609. The van der Waals surface area contributed by atoms with Crippen molar-refractivity contribution in [1.82, 2.24) is 14.9 Å². The van der Waals surface area contributed by atoms with Crippen molar-refractivity contribution in [2.24, 2.45) is 0 Å². The van der Waals surface area contributed by atoms with Crippen LogP contribution in [0.3, 0.4) is 0 Å². The highest BCUT2D eigenvalue weighted by Gasteiger charge is 2.44. The molecule has 28 heavy (non-hydrogen) atoms. The highest BCUT2D eigenvalue weighted by Crippen LogP contribution is 2.27. The van der Waals surface area contributed by atoms with E-state index in [1.165, 1.54) is 43.7 Å². The van der Waals surface area contributed by atoms with Crippen molar-refractivity contribution in [2.45, 2.75) is 25.1 Å². The zero-order valence-electron chi connectivity index (χ0n) is 14.8. The first-order valence-electron chi connectivity index (χ1n) is 8.41. The van der Waals surface area contributed by atoms with Crippen LogP contribution in [-0.2, 0) is 4.79 Å². The quantitative estimate of drug-likeness (QED) is 0.861. The Kier molecular flexibility index (Phi) is 5.48. The SMILES string of the molecule is CN(C(=O)[C@@H]1[C@@H](F)CCN1C(=O)O)c1cc(-c2ccc(C(F)F)cc2)ncn1. The van der Waals surface area contributed by atoms with E-state index in [-0.39, 0.29) is 24.3 Å². The first kappa shape index (κ1) is 19.6. The summed E-state index contributed by atoms with van der Waals surface area (Å²) in [7, 11) is 1.36. The number of likely N-dealkylation sites (tertiary alicyclic amines) is 1. The fourth-order valence-corrected chi connectivity index (χ4v) is 3.06. The molecule has 2 atom stereocenters. The number of halogens is 3. The summed E-state index contributed by atoms with van der Waals surface area (Å²) >= 11 is 0. The minimum Gasteiger partial charge on any atom is -0.465 e. The van der Waals surface area contributed by atoms with E-state index in [4.69, 9.17) is 5.11 Å². The Morgan fingerprint density at radius 2 is 1.93 bits per heavy atom. The van der Waals surface area contributed by atoms with Crippen LogP contribution in [0.25, 0.3) is 11.3 Å². The third-order valence-electron chi connectivity index (χ3n) is 4.61. The number of aromatic nitrogens is 2. The van der Waals surface area contributed by atoms with E-state index in [9.17, 15) is 22.8 Å². The summed E-state index contributed by atoms with van der Waals surface area (Å²) in [4.78, 5) is 33.8. The van der Waals surface area contributed by atoms with Crippen LogP contribution in [0.1, 0.15) is 18.4 Å². The van der Waals surface area contributed by atoms with Crippen molar-refractivity contribution >= 4 is 17.8 Å². The van der Waals surface area contributed by atoms with Gasteiger partial charge in [-0.05, 0) is 6.42 Å². The lowest BCUT2D eigenvalue weighted by Gasteiger charge is -2.26. The van der Waals surface area contributed by atoms with Gasteiger partial charge in [0.05, 0.1) is 5.69 Å². The second-order valence-electron chi connectivity index (χ2n) is 6.31. The van der Waals surface area contributed by atoms with Gasteiger partial charge in [-0.15, -0.1) is 0 Å². The third kappa shape index (κ3) is 3.75. The number of carboxylic acid groups (broad SMARTS) is 1. The Labute approximate surface area is 158 Å². The summed E-state index contributed by atoms with van der Waals surface area (Å²) in [5, 5.41) is 9.17. The van der Waals surface area contributed by atoms with Gasteiger partial charge in [-0.2, -0.15) is 0 Å². The molecule has 1 N–H and O–H groups in total. The fourth-order valence-electron chi connectivity index (χ4n) is 3.06. The molecule has 0 unspecified atom stereocenters. The van der Waals surface area contributed by atoms with Crippen LogP contribution in [0.2, 0.25) is 0 Å². The Balaban J connectivity index is 1.84. The number of amides is 2. The zero-order valence-corrected chi connectivity index (χ0v) is 14.8. The number of alkyl halides is 3. The van der Waals surface area contributed by atoms with E-state index < -0.39 is 30.6 Å². The lowest BCUT2D eigenvalue weighted by molar-refractivity contribution is -0.123. The number of rotatable bonds is 4. The molecule has 0 bridgehead atoms. The molecule has 1 aromatic heterocycles. The van der Waals surface area contributed by atoms with Crippen molar-refractivity contribution in [3.8, 4) is 11.3 Å². The molecule has 1 fully saturated rings. The van der Waals surface area contributed by atoms with Crippen molar-refractivity contribution in [1.29, 1.82) is 0 Å². The largest absolute Gasteiger partial charge is 0.465 e. The highest BCUT2D eigenvalue weighted by atomic mass is 19.3. The summed E-state index contributed by atoms with van der Waals surface area (Å²) in [5.41, 5.74) is 0.781. The minimum atomic E-state index is -2.59. The van der Waals surface area contributed by atoms with Crippen LogP contribution >= 0.6 is 0 Å². The van der Waals surface area contributed by atoms with Gasteiger partial charge in [0.2, 0.25) is 0 Å². The number of carbonyl (C=O) groups is 2. The van der Waals surface area contributed by atoms with Gasteiger partial charge in [0.25, 0.3) is 12.3 Å². The standard InChI is InChI=1S/C18H17F3N4O3/c1-24(17(26)15-12(19)6-7-25(15)18(27)28)14-8-13(22-9-23-14)10-2-4-11(5-3-10)16(20)21/h2-5,8-9,12,15-16H,6-7H2,1H3,(H,27,28)/t12-,15-/m0/s1. The molecule has 0 aliphatic carbocycles. The molecule has 2 heterocycles. The van der Waals surface area contributed by atoms with Gasteiger partial charge in [-0.25, -0.2) is 27.9 Å². The predicted molar refractivity (Wildman–Crippen MR) is 93.9 cm³/mol. The van der Waals surface area contributed by atoms with E-state index in [0.29, 0.717) is 11.3 Å². The van der Waals surface area contributed by atoms with E-state index >= 15 is 0 Å². The summed E-state index contributed by atoms with van der Waals surface area (Å²) in [6.07, 6.45) is -4.42. The molecule has 1 aromatic carbocycles. The van der Waals surface area contributed by atoms with Gasteiger partial charge in [-0.1, -0.05) is 24.3 Å². The Morgan fingerprint density at radius 3 is 2.54 bits per heavy atom. The molecule has 1 aliphatic heterocycles. The van der Waals surface area contributed by atoms with Gasteiger partial charge < -0.3 is 5.11 Å². The minimum absolute atomic E-state index is 0.0535. The van der Waals surface area contributed by atoms with Crippen molar-refractivity contribution in [2.75, 3.05) is 18.5 Å². The van der Waals surface area contributed by atoms with Crippen molar-refractivity contribution in [3.63, 3.8) is 0 Å². The zero-order chi connectivity index (χ0) is 20.4. The molecule has 148 valence electrons. The first-order valence-corrected chi connectivity index (χ1v) is 8.41. The van der Waals surface area contributed by atoms with Gasteiger partial charge in [0.15, 0.2) is 0 Å². The number of benzene rings is 1. The van der Waals surface area contributed by atoms with Crippen LogP contribution < -0.4 is 4.90 Å². The van der Waals surface area contributed by atoms with E-state index in [2.05, 4.69) is 9.97 Å². The molecule has 0 spiro atoms. The van der Waals surface area contributed by atoms with Crippen LogP contribution in [0, 0.1) is 0 Å². The monoisotopic (exact) mass is 394 g/mol. The topological polar surface area (TPSA) is 86.6 Å². The van der Waals surface area contributed by atoms with Gasteiger partial charge in [0, 0.05) is 30.8 Å². The molecule has 7 nitrogen and oxygen atoms in total. The molecule has 10 heteroatoms. The summed E-state index contributed by atoms with van der Waals surface area (Å²) < 4.78 is 39.5. The van der Waals surface area contributed by atoms with Crippen molar-refractivity contribution in [3.05, 3.63) is 42.2 Å². The predicted octanol–water partition coefficient (Wildman–Crippen LogP) is 3.13. The van der Waals surface area contributed by atoms with E-state index in [1.54, 1.807) is 0 Å². The van der Waals surface area contributed by atoms with Gasteiger partial charge >= 0.3 is 6.09 Å². The van der Waals surface area contributed by atoms with E-state index in [1.807, 2.05) is 0 Å². The third-order valence-corrected chi connectivity index (χ3v) is 4.61. The van der Waals surface area contributed by atoms with Crippen LogP contribution in [-0.4, -0.2) is 57.8 Å². The Morgan fingerprint density at radius 1 is 1.25 bits per heavy atom. The molecule has 3 rings (SSSR count). The number of anilines is 1. The number of hydrogen-bond acceptors (Lipinski definition) is 4. The van der Waals surface area contributed by atoms with Crippen LogP contribution in [0.4, 0.5) is 23.8 Å². The number of nitrogens with zero attached hydrogens (tertiary/aromatic N) is 4. The molecule has 1 saturated heterocycles. The lowest BCUT2D eigenvalue weighted by atomic mass is 10.1. The average Bonchev–Trinajstić information content (AvgIpc) is 3.08. The lowest BCUT2D eigenvalue weighted by Crippen LogP contribution is -2.49. The number of carbonyl (C=O) groups excluding carboxylic acids is 1. The molecule has 0 saturated carbocycles. The normalized spacial score (nSPS) is 19.1. The maximum atomic E-state index is 14.1. The maximum absolute atomic E-state index is 14.1.